The van der Waals surface area contributed by atoms with E-state index in [2.05, 4.69) is 28.8 Å². The van der Waals surface area contributed by atoms with Gasteiger partial charge in [-0.15, -0.1) is 0 Å². The van der Waals surface area contributed by atoms with Crippen LogP contribution < -0.4 is 15.9 Å². The lowest BCUT2D eigenvalue weighted by atomic mass is 10.1. The summed E-state index contributed by atoms with van der Waals surface area (Å²) in [5.41, 5.74) is 10.9. The van der Waals surface area contributed by atoms with Crippen LogP contribution in [-0.2, 0) is 0 Å². The Morgan fingerprint density at radius 2 is 2.19 bits per heavy atom. The van der Waals surface area contributed by atoms with Crippen LogP contribution in [0.3, 0.4) is 0 Å². The van der Waals surface area contributed by atoms with Crippen LogP contribution in [0.2, 0.25) is 0 Å². The predicted molar refractivity (Wildman–Crippen MR) is 70.0 cm³/mol. The Morgan fingerprint density at radius 1 is 1.50 bits per heavy atom. The molecule has 4 nitrogen and oxygen atoms in total. The highest BCUT2D eigenvalue weighted by Crippen LogP contribution is 2.23. The van der Waals surface area contributed by atoms with E-state index in [1.54, 1.807) is 13.3 Å². The molecule has 0 heterocycles. The smallest absolute Gasteiger partial charge is 0.184 e. The van der Waals surface area contributed by atoms with E-state index in [1.165, 1.54) is 0 Å². The lowest BCUT2D eigenvalue weighted by Crippen LogP contribution is -2.24. The zero-order chi connectivity index (χ0) is 12.1. The second kappa shape index (κ2) is 5.46. The van der Waals surface area contributed by atoms with Gasteiger partial charge in [0.25, 0.3) is 0 Å². The van der Waals surface area contributed by atoms with Crippen LogP contribution in [0, 0.1) is 13.8 Å². The maximum absolute atomic E-state index is 5.31. The first-order chi connectivity index (χ1) is 7.54. The second-order valence-corrected chi connectivity index (χ2v) is 3.88. The second-order valence-electron chi connectivity index (χ2n) is 3.44. The summed E-state index contributed by atoms with van der Waals surface area (Å²) in [4.78, 5) is 0. The molecule has 0 spiro atoms. The molecule has 0 aliphatic heterocycles. The molecule has 1 aromatic carbocycles. The molecule has 1 aromatic rings. The van der Waals surface area contributed by atoms with Crippen LogP contribution in [-0.4, -0.2) is 18.4 Å². The minimum Gasteiger partial charge on any atom is -0.496 e. The van der Waals surface area contributed by atoms with Crippen molar-refractivity contribution < 1.29 is 4.74 Å². The van der Waals surface area contributed by atoms with Crippen molar-refractivity contribution in [3.8, 4) is 5.75 Å². The van der Waals surface area contributed by atoms with E-state index >= 15 is 0 Å². The number of rotatable bonds is 3. The minimum atomic E-state index is 0.139. The fourth-order valence-electron chi connectivity index (χ4n) is 1.53. The minimum absolute atomic E-state index is 0.139. The molecule has 5 heteroatoms. The normalized spacial score (nSPS) is 10.4. The molecule has 0 bridgehead atoms. The van der Waals surface area contributed by atoms with Crippen LogP contribution in [0.5, 0.6) is 5.75 Å². The maximum Gasteiger partial charge on any atom is 0.184 e. The molecule has 1 rings (SSSR count). The highest BCUT2D eigenvalue weighted by Gasteiger charge is 2.05. The van der Waals surface area contributed by atoms with Crippen molar-refractivity contribution in [2.24, 2.45) is 10.8 Å². The summed E-state index contributed by atoms with van der Waals surface area (Å²) in [6, 6.07) is 4.04. The third-order valence-electron chi connectivity index (χ3n) is 2.03. The van der Waals surface area contributed by atoms with Gasteiger partial charge in [-0.25, -0.2) is 0 Å². The van der Waals surface area contributed by atoms with Crippen LogP contribution in [0.15, 0.2) is 17.2 Å². The molecule has 0 amide bonds. The molecular weight excluding hydrogens is 222 g/mol. The zero-order valence-corrected chi connectivity index (χ0v) is 10.4. The largest absolute Gasteiger partial charge is 0.496 e. The fraction of sp³-hybridized carbons (Fsp3) is 0.273. The summed E-state index contributed by atoms with van der Waals surface area (Å²) < 4.78 is 5.31. The molecule has 0 radical (unpaired) electrons. The average Bonchev–Trinajstić information content (AvgIpc) is 2.16. The zero-order valence-electron chi connectivity index (χ0n) is 9.57. The number of nitrogens with one attached hydrogen (secondary N) is 1. The Hall–Kier alpha value is -1.62. The molecule has 0 fully saturated rings. The van der Waals surface area contributed by atoms with Gasteiger partial charge in [0, 0.05) is 5.56 Å². The van der Waals surface area contributed by atoms with E-state index in [9.17, 15) is 0 Å². The fourth-order valence-corrected chi connectivity index (χ4v) is 1.58. The maximum atomic E-state index is 5.31. The van der Waals surface area contributed by atoms with Crippen molar-refractivity contribution >= 4 is 23.5 Å². The van der Waals surface area contributed by atoms with Crippen molar-refractivity contribution in [3.05, 3.63) is 28.8 Å². The molecule has 3 N–H and O–H groups in total. The third kappa shape index (κ3) is 3.20. The lowest BCUT2D eigenvalue weighted by molar-refractivity contribution is 0.411. The van der Waals surface area contributed by atoms with E-state index in [0.717, 1.165) is 22.4 Å². The van der Waals surface area contributed by atoms with E-state index in [4.69, 9.17) is 10.5 Å². The Bertz CT molecular complexity index is 429. The Balaban J connectivity index is 3.02. The Morgan fingerprint density at radius 3 is 2.75 bits per heavy atom. The van der Waals surface area contributed by atoms with Crippen molar-refractivity contribution in [2.75, 3.05) is 7.11 Å². The number of hydrazone groups is 1. The van der Waals surface area contributed by atoms with E-state index < -0.39 is 0 Å². The highest BCUT2D eigenvalue weighted by atomic mass is 32.1. The van der Waals surface area contributed by atoms with Crippen LogP contribution in [0.4, 0.5) is 0 Å². The summed E-state index contributed by atoms with van der Waals surface area (Å²) in [5, 5.41) is 4.05. The average molecular weight is 237 g/mol. The number of hydrogen-bond donors (Lipinski definition) is 2. The van der Waals surface area contributed by atoms with Gasteiger partial charge in [-0.05, 0) is 43.3 Å². The molecule has 0 aromatic heterocycles. The summed E-state index contributed by atoms with van der Waals surface area (Å²) in [6.45, 7) is 4.01. The number of hydrogen-bond acceptors (Lipinski definition) is 3. The van der Waals surface area contributed by atoms with Crippen molar-refractivity contribution in [3.63, 3.8) is 0 Å². The number of aryl methyl sites for hydroxylation is 2. The Kier molecular flexibility index (Phi) is 4.25. The van der Waals surface area contributed by atoms with Gasteiger partial charge in [-0.2, -0.15) is 5.10 Å². The van der Waals surface area contributed by atoms with Gasteiger partial charge < -0.3 is 10.5 Å². The summed E-state index contributed by atoms with van der Waals surface area (Å²) >= 11 is 4.65. The first-order valence-corrected chi connectivity index (χ1v) is 5.19. The Labute approximate surface area is 100 Å². The van der Waals surface area contributed by atoms with Gasteiger partial charge in [-0.1, -0.05) is 6.07 Å². The predicted octanol–water partition coefficient (Wildman–Crippen LogP) is 1.48. The first-order valence-electron chi connectivity index (χ1n) is 4.78. The number of nitrogens with zero attached hydrogens (tertiary/aromatic N) is 1. The third-order valence-corrected chi connectivity index (χ3v) is 2.12. The molecule has 0 saturated heterocycles. The SMILES string of the molecule is COc1c(C)cc(C)cc1C=NNC(N)=S. The topological polar surface area (TPSA) is 59.6 Å². The molecule has 0 saturated carbocycles. The summed E-state index contributed by atoms with van der Waals surface area (Å²) in [7, 11) is 1.63. The number of benzene rings is 1. The molecule has 0 aliphatic carbocycles. The van der Waals surface area contributed by atoms with E-state index in [0.29, 0.717) is 0 Å². The number of thiocarbonyl (C=S) groups is 1. The van der Waals surface area contributed by atoms with Crippen LogP contribution in [0.1, 0.15) is 16.7 Å². The van der Waals surface area contributed by atoms with Crippen molar-refractivity contribution in [1.29, 1.82) is 0 Å². The highest BCUT2D eigenvalue weighted by molar-refractivity contribution is 7.80. The van der Waals surface area contributed by atoms with Gasteiger partial charge in [-0.3, -0.25) is 5.43 Å². The van der Waals surface area contributed by atoms with E-state index in [-0.39, 0.29) is 5.11 Å². The number of ether oxygens (including phenoxy) is 1. The molecule has 0 unspecified atom stereocenters. The quantitative estimate of drug-likeness (QED) is 0.475. The number of methoxy groups -OCH3 is 1. The van der Waals surface area contributed by atoms with Gasteiger partial charge in [0.2, 0.25) is 0 Å². The van der Waals surface area contributed by atoms with Crippen LogP contribution >= 0.6 is 12.2 Å². The van der Waals surface area contributed by atoms with E-state index in [1.807, 2.05) is 19.9 Å². The van der Waals surface area contributed by atoms with Gasteiger partial charge >= 0.3 is 0 Å². The molecule has 0 aliphatic rings. The summed E-state index contributed by atoms with van der Waals surface area (Å²) in [5.74, 6) is 0.805. The van der Waals surface area contributed by atoms with Gasteiger partial charge in [0.1, 0.15) is 5.75 Å². The molecule has 16 heavy (non-hydrogen) atoms. The monoisotopic (exact) mass is 237 g/mol. The number of nitrogens with two attached hydrogens (primary N) is 1. The molecule has 0 atom stereocenters. The van der Waals surface area contributed by atoms with Crippen LogP contribution in [0.25, 0.3) is 0 Å². The first kappa shape index (κ1) is 12.4. The van der Waals surface area contributed by atoms with Gasteiger partial charge in [0.15, 0.2) is 5.11 Å². The van der Waals surface area contributed by atoms with Crippen molar-refractivity contribution in [1.82, 2.24) is 5.43 Å². The standard InChI is InChI=1S/C11H15N3OS/c1-7-4-8(2)10(15-3)9(5-7)6-13-14-11(12)16/h4-6H,1-3H3,(H3,12,14,16). The molecule has 86 valence electrons. The van der Waals surface area contributed by atoms with Crippen molar-refractivity contribution in [2.45, 2.75) is 13.8 Å². The molecular formula is C11H15N3OS. The van der Waals surface area contributed by atoms with Gasteiger partial charge in [0.05, 0.1) is 13.3 Å². The lowest BCUT2D eigenvalue weighted by Gasteiger charge is -2.09. The summed E-state index contributed by atoms with van der Waals surface area (Å²) in [6.07, 6.45) is 1.64.